The number of carbonyl (C=O) groups excluding carboxylic acids is 2. The molecule has 2 aromatic carbocycles. The van der Waals surface area contributed by atoms with Gasteiger partial charge in [0.2, 0.25) is 0 Å². The molecule has 0 unspecified atom stereocenters. The Bertz CT molecular complexity index is 963. The topological polar surface area (TPSA) is 64.6 Å². The van der Waals surface area contributed by atoms with E-state index in [1.807, 2.05) is 63.2 Å². The molecular weight excluding hydrogens is 354 g/mol. The first-order valence-electron chi connectivity index (χ1n) is 8.98. The van der Waals surface area contributed by atoms with E-state index in [2.05, 4.69) is 5.32 Å². The fourth-order valence-electron chi connectivity index (χ4n) is 2.97. The molecule has 0 saturated carbocycles. The predicted octanol–water partition coefficient (Wildman–Crippen LogP) is 5.14. The Morgan fingerprint density at radius 2 is 1.68 bits per heavy atom. The standard InChI is InChI=1S/C23H23NO4/c1-23(2,3)28-22(26)24-17-11-9-15(10-12-17)19-13-16-7-5-6-8-18(16)20(19)14-21(25)27-4/h5-14H,1-4H3,(H,24,26)/b20-14-. The van der Waals surface area contributed by atoms with Gasteiger partial charge in [-0.2, -0.15) is 0 Å². The summed E-state index contributed by atoms with van der Waals surface area (Å²) in [6.45, 7) is 5.44. The van der Waals surface area contributed by atoms with Crippen LogP contribution in [-0.4, -0.2) is 24.8 Å². The zero-order valence-corrected chi connectivity index (χ0v) is 16.4. The first-order chi connectivity index (χ1) is 13.3. The number of nitrogens with one attached hydrogen (secondary N) is 1. The third-order valence-corrected chi connectivity index (χ3v) is 4.15. The van der Waals surface area contributed by atoms with Crippen LogP contribution in [0.3, 0.4) is 0 Å². The van der Waals surface area contributed by atoms with Crippen molar-refractivity contribution in [1.82, 2.24) is 0 Å². The summed E-state index contributed by atoms with van der Waals surface area (Å²) in [5.74, 6) is -0.402. The third-order valence-electron chi connectivity index (χ3n) is 4.15. The molecule has 28 heavy (non-hydrogen) atoms. The van der Waals surface area contributed by atoms with Crippen molar-refractivity contribution in [3.05, 3.63) is 71.3 Å². The molecule has 0 aromatic heterocycles. The smallest absolute Gasteiger partial charge is 0.412 e. The summed E-state index contributed by atoms with van der Waals surface area (Å²) in [6.07, 6.45) is 3.05. The molecule has 1 N–H and O–H groups in total. The lowest BCUT2D eigenvalue weighted by molar-refractivity contribution is -0.134. The van der Waals surface area contributed by atoms with E-state index >= 15 is 0 Å². The summed E-state index contributed by atoms with van der Waals surface area (Å²) >= 11 is 0. The molecule has 0 aliphatic heterocycles. The minimum atomic E-state index is -0.557. The highest BCUT2D eigenvalue weighted by Gasteiger charge is 2.21. The lowest BCUT2D eigenvalue weighted by Crippen LogP contribution is -2.27. The SMILES string of the molecule is COC(=O)/C=C1\C(c2ccc(NC(=O)OC(C)(C)C)cc2)=Cc2ccccc21. The number of hydrogen-bond acceptors (Lipinski definition) is 4. The van der Waals surface area contributed by atoms with Gasteiger partial charge in [0, 0.05) is 11.8 Å². The highest BCUT2D eigenvalue weighted by molar-refractivity contribution is 6.20. The quantitative estimate of drug-likeness (QED) is 0.594. The van der Waals surface area contributed by atoms with Gasteiger partial charge in [-0.05, 0) is 66.8 Å². The van der Waals surface area contributed by atoms with Crippen molar-refractivity contribution >= 4 is 35.0 Å². The first-order valence-corrected chi connectivity index (χ1v) is 8.98. The highest BCUT2D eigenvalue weighted by Crippen LogP contribution is 2.41. The van der Waals surface area contributed by atoms with Crippen LogP contribution in [-0.2, 0) is 14.3 Å². The van der Waals surface area contributed by atoms with E-state index in [-0.39, 0.29) is 0 Å². The maximum atomic E-state index is 11.9. The largest absolute Gasteiger partial charge is 0.466 e. The van der Waals surface area contributed by atoms with Gasteiger partial charge in [-0.1, -0.05) is 36.4 Å². The van der Waals surface area contributed by atoms with Crippen molar-refractivity contribution in [1.29, 1.82) is 0 Å². The van der Waals surface area contributed by atoms with Crippen molar-refractivity contribution in [2.45, 2.75) is 26.4 Å². The maximum Gasteiger partial charge on any atom is 0.412 e. The Balaban J connectivity index is 1.86. The summed E-state index contributed by atoms with van der Waals surface area (Å²) in [5, 5.41) is 2.72. The molecule has 0 fully saturated rings. The number of ether oxygens (including phenoxy) is 2. The molecule has 144 valence electrons. The number of hydrogen-bond donors (Lipinski definition) is 1. The second-order valence-corrected chi connectivity index (χ2v) is 7.43. The number of carbonyl (C=O) groups is 2. The number of amides is 1. The number of anilines is 1. The molecule has 2 aromatic rings. The third kappa shape index (κ3) is 4.49. The number of allylic oxidation sites excluding steroid dienone is 2. The zero-order chi connectivity index (χ0) is 20.3. The van der Waals surface area contributed by atoms with Crippen LogP contribution in [0.2, 0.25) is 0 Å². The van der Waals surface area contributed by atoms with E-state index in [1.165, 1.54) is 13.2 Å². The normalized spacial score (nSPS) is 14.3. The second kappa shape index (κ2) is 7.72. The molecule has 5 nitrogen and oxygen atoms in total. The fraction of sp³-hybridized carbons (Fsp3) is 0.217. The number of fused-ring (bicyclic) bond motifs is 1. The number of methoxy groups -OCH3 is 1. The molecular formula is C23H23NO4. The van der Waals surface area contributed by atoms with Gasteiger partial charge < -0.3 is 9.47 Å². The molecule has 0 saturated heterocycles. The minimum Gasteiger partial charge on any atom is -0.466 e. The average molecular weight is 377 g/mol. The van der Waals surface area contributed by atoms with Gasteiger partial charge in [0.25, 0.3) is 0 Å². The number of rotatable bonds is 3. The van der Waals surface area contributed by atoms with E-state index in [9.17, 15) is 9.59 Å². The van der Waals surface area contributed by atoms with Gasteiger partial charge in [-0.15, -0.1) is 0 Å². The van der Waals surface area contributed by atoms with Crippen molar-refractivity contribution in [3.8, 4) is 0 Å². The predicted molar refractivity (Wildman–Crippen MR) is 111 cm³/mol. The first kappa shape index (κ1) is 19.4. The number of benzene rings is 2. The Morgan fingerprint density at radius 1 is 1.00 bits per heavy atom. The molecule has 0 heterocycles. The van der Waals surface area contributed by atoms with Crippen LogP contribution in [0.15, 0.2) is 54.6 Å². The second-order valence-electron chi connectivity index (χ2n) is 7.43. The molecule has 0 atom stereocenters. The lowest BCUT2D eigenvalue weighted by Gasteiger charge is -2.19. The highest BCUT2D eigenvalue weighted by atomic mass is 16.6. The van der Waals surface area contributed by atoms with E-state index < -0.39 is 17.7 Å². The van der Waals surface area contributed by atoms with Crippen LogP contribution >= 0.6 is 0 Å². The molecule has 0 spiro atoms. The van der Waals surface area contributed by atoms with Crippen LogP contribution in [0.5, 0.6) is 0 Å². The Morgan fingerprint density at radius 3 is 2.32 bits per heavy atom. The van der Waals surface area contributed by atoms with Gasteiger partial charge in [-0.25, -0.2) is 9.59 Å². The molecule has 5 heteroatoms. The maximum absolute atomic E-state index is 11.9. The van der Waals surface area contributed by atoms with Crippen LogP contribution in [0.25, 0.3) is 17.2 Å². The van der Waals surface area contributed by atoms with Gasteiger partial charge in [0.05, 0.1) is 7.11 Å². The Labute approximate surface area is 164 Å². The van der Waals surface area contributed by atoms with Gasteiger partial charge >= 0.3 is 12.1 Å². The van der Waals surface area contributed by atoms with Crippen molar-refractivity contribution in [2.24, 2.45) is 0 Å². The molecule has 1 aliphatic rings. The van der Waals surface area contributed by atoms with Crippen LogP contribution in [0.1, 0.15) is 37.5 Å². The molecule has 0 bridgehead atoms. The van der Waals surface area contributed by atoms with Crippen LogP contribution < -0.4 is 5.32 Å². The van der Waals surface area contributed by atoms with E-state index in [4.69, 9.17) is 9.47 Å². The van der Waals surface area contributed by atoms with E-state index in [1.54, 1.807) is 12.1 Å². The summed E-state index contributed by atoms with van der Waals surface area (Å²) in [6, 6.07) is 15.3. The van der Waals surface area contributed by atoms with Crippen molar-refractivity contribution in [3.63, 3.8) is 0 Å². The van der Waals surface area contributed by atoms with Crippen molar-refractivity contribution < 1.29 is 19.1 Å². The molecule has 3 rings (SSSR count). The van der Waals surface area contributed by atoms with E-state index in [0.29, 0.717) is 5.69 Å². The summed E-state index contributed by atoms with van der Waals surface area (Å²) in [4.78, 5) is 23.8. The molecule has 1 amide bonds. The van der Waals surface area contributed by atoms with E-state index in [0.717, 1.165) is 27.8 Å². The van der Waals surface area contributed by atoms with Crippen LogP contribution in [0, 0.1) is 0 Å². The number of esters is 1. The summed E-state index contributed by atoms with van der Waals surface area (Å²) < 4.78 is 10.1. The fourth-order valence-corrected chi connectivity index (χ4v) is 2.97. The van der Waals surface area contributed by atoms with Gasteiger partial charge in [0.1, 0.15) is 5.60 Å². The van der Waals surface area contributed by atoms with Crippen molar-refractivity contribution in [2.75, 3.05) is 12.4 Å². The summed E-state index contributed by atoms with van der Waals surface area (Å²) in [7, 11) is 1.36. The zero-order valence-electron chi connectivity index (χ0n) is 16.4. The Hall–Kier alpha value is -3.34. The summed E-state index contributed by atoms with van der Waals surface area (Å²) in [5.41, 5.74) is 4.78. The van der Waals surface area contributed by atoms with Gasteiger partial charge in [0.15, 0.2) is 0 Å². The molecule has 0 radical (unpaired) electrons. The molecule has 1 aliphatic carbocycles. The lowest BCUT2D eigenvalue weighted by atomic mass is 9.97. The minimum absolute atomic E-state index is 0.402. The van der Waals surface area contributed by atoms with Crippen LogP contribution in [0.4, 0.5) is 10.5 Å². The van der Waals surface area contributed by atoms with Gasteiger partial charge in [-0.3, -0.25) is 5.32 Å². The monoisotopic (exact) mass is 377 g/mol. The Kier molecular flexibility index (Phi) is 5.36. The average Bonchev–Trinajstić information content (AvgIpc) is 2.99.